The number of Topliss-reactive ketones (excluding diaryl/α,β-unsaturated/α-hetero) is 1. The summed E-state index contributed by atoms with van der Waals surface area (Å²) in [7, 11) is 1.55. The summed E-state index contributed by atoms with van der Waals surface area (Å²) in [5, 5.41) is 7.61. The van der Waals surface area contributed by atoms with Gasteiger partial charge in [-0.05, 0) is 30.5 Å². The van der Waals surface area contributed by atoms with Crippen molar-refractivity contribution in [3.05, 3.63) is 41.4 Å². The lowest BCUT2D eigenvalue weighted by Gasteiger charge is -2.32. The molecule has 5 rings (SSSR count). The van der Waals surface area contributed by atoms with Crippen LogP contribution in [-0.2, 0) is 14.3 Å². The smallest absolute Gasteiger partial charge is 0.260 e. The molecule has 32 heavy (non-hydrogen) atoms. The summed E-state index contributed by atoms with van der Waals surface area (Å²) < 4.78 is 18.3. The van der Waals surface area contributed by atoms with E-state index < -0.39 is 6.04 Å². The number of ether oxygens (including phenoxy) is 3. The number of morpholine rings is 1. The number of carbonyl (C=O) groups excluding carboxylic acids is 2. The lowest BCUT2D eigenvalue weighted by atomic mass is 9.85. The van der Waals surface area contributed by atoms with Gasteiger partial charge in [0.15, 0.2) is 23.9 Å². The van der Waals surface area contributed by atoms with Gasteiger partial charge in [0.05, 0.1) is 20.3 Å². The van der Waals surface area contributed by atoms with Crippen molar-refractivity contribution in [3.8, 4) is 11.5 Å². The number of hydrogen-bond acceptors (Lipinski definition) is 8. The van der Waals surface area contributed by atoms with E-state index in [0.29, 0.717) is 55.7 Å². The number of rotatable bonds is 5. The van der Waals surface area contributed by atoms with Gasteiger partial charge in [-0.1, -0.05) is 6.07 Å². The number of nitrogens with one attached hydrogen (secondary N) is 1. The van der Waals surface area contributed by atoms with Crippen LogP contribution in [0.25, 0.3) is 0 Å². The van der Waals surface area contributed by atoms with E-state index in [1.807, 2.05) is 12.1 Å². The van der Waals surface area contributed by atoms with Gasteiger partial charge in [-0.2, -0.15) is 10.1 Å². The Morgan fingerprint density at radius 3 is 2.91 bits per heavy atom. The minimum absolute atomic E-state index is 0.0793. The maximum atomic E-state index is 12.8. The van der Waals surface area contributed by atoms with Crippen LogP contribution in [0.15, 0.2) is 35.8 Å². The maximum absolute atomic E-state index is 12.8. The van der Waals surface area contributed by atoms with Gasteiger partial charge in [0.25, 0.3) is 5.91 Å². The zero-order valence-electron chi connectivity index (χ0n) is 17.9. The van der Waals surface area contributed by atoms with E-state index in [0.717, 1.165) is 24.1 Å². The van der Waals surface area contributed by atoms with Crippen molar-refractivity contribution >= 4 is 17.6 Å². The fourth-order valence-corrected chi connectivity index (χ4v) is 4.42. The predicted molar refractivity (Wildman–Crippen MR) is 114 cm³/mol. The number of allylic oxidation sites excluding steroid dienone is 2. The van der Waals surface area contributed by atoms with E-state index in [9.17, 15) is 9.59 Å². The second-order valence-corrected chi connectivity index (χ2v) is 7.92. The second-order valence-electron chi connectivity index (χ2n) is 7.92. The number of ketones is 1. The van der Waals surface area contributed by atoms with Gasteiger partial charge in [0, 0.05) is 30.8 Å². The van der Waals surface area contributed by atoms with Crippen LogP contribution in [0.3, 0.4) is 0 Å². The lowest BCUT2D eigenvalue weighted by molar-refractivity contribution is -0.137. The number of amides is 1. The Bertz CT molecular complexity index is 1070. The van der Waals surface area contributed by atoms with Gasteiger partial charge in [0.1, 0.15) is 12.4 Å². The van der Waals surface area contributed by atoms with Gasteiger partial charge >= 0.3 is 0 Å². The average Bonchev–Trinajstić information content (AvgIpc) is 3.30. The van der Waals surface area contributed by atoms with Crippen molar-refractivity contribution in [1.82, 2.24) is 19.7 Å². The van der Waals surface area contributed by atoms with Gasteiger partial charge in [-0.15, -0.1) is 0 Å². The first-order valence-electron chi connectivity index (χ1n) is 10.7. The van der Waals surface area contributed by atoms with Crippen LogP contribution in [0.5, 0.6) is 11.5 Å². The molecule has 0 bridgehead atoms. The summed E-state index contributed by atoms with van der Waals surface area (Å²) in [5.41, 5.74) is 2.46. The number of methoxy groups -OCH3 is 1. The molecular weight excluding hydrogens is 414 g/mol. The van der Waals surface area contributed by atoms with E-state index in [-0.39, 0.29) is 18.3 Å². The molecule has 1 aromatic heterocycles. The highest BCUT2D eigenvalue weighted by molar-refractivity contribution is 5.99. The zero-order chi connectivity index (χ0) is 22.1. The highest BCUT2D eigenvalue weighted by Gasteiger charge is 2.36. The quantitative estimate of drug-likeness (QED) is 0.748. The Morgan fingerprint density at radius 1 is 1.25 bits per heavy atom. The third-order valence-electron chi connectivity index (χ3n) is 6.03. The molecule has 1 N–H and O–H groups in total. The van der Waals surface area contributed by atoms with Crippen LogP contribution in [0.1, 0.15) is 30.9 Å². The van der Waals surface area contributed by atoms with Crippen molar-refractivity contribution < 1.29 is 23.8 Å². The normalized spacial score (nSPS) is 20.3. The fraction of sp³-hybridized carbons (Fsp3) is 0.455. The number of carbonyl (C=O) groups is 2. The third kappa shape index (κ3) is 3.70. The number of aromatic nitrogens is 3. The first-order valence-corrected chi connectivity index (χ1v) is 10.7. The number of benzene rings is 1. The molecule has 0 radical (unpaired) electrons. The summed E-state index contributed by atoms with van der Waals surface area (Å²) in [6.07, 6.45) is 3.61. The third-order valence-corrected chi connectivity index (χ3v) is 6.03. The molecule has 1 aliphatic carbocycles. The minimum Gasteiger partial charge on any atom is -0.493 e. The number of anilines is 1. The molecule has 0 spiro atoms. The molecule has 2 aromatic rings. The molecule has 3 aliphatic rings. The molecule has 0 saturated carbocycles. The Morgan fingerprint density at radius 2 is 2.09 bits per heavy atom. The molecule has 10 heteroatoms. The van der Waals surface area contributed by atoms with Crippen molar-refractivity contribution in [2.75, 3.05) is 45.3 Å². The van der Waals surface area contributed by atoms with Crippen LogP contribution < -0.4 is 14.8 Å². The molecule has 2 aliphatic heterocycles. The predicted octanol–water partition coefficient (Wildman–Crippen LogP) is 1.55. The molecule has 1 unspecified atom stereocenters. The molecule has 168 valence electrons. The molecule has 10 nitrogen and oxygen atoms in total. The average molecular weight is 439 g/mol. The highest BCUT2D eigenvalue weighted by atomic mass is 16.5. The van der Waals surface area contributed by atoms with E-state index in [2.05, 4.69) is 15.4 Å². The van der Waals surface area contributed by atoms with Crippen molar-refractivity contribution in [1.29, 1.82) is 0 Å². The first-order chi connectivity index (χ1) is 15.7. The number of hydrogen-bond donors (Lipinski definition) is 1. The van der Waals surface area contributed by atoms with Crippen molar-refractivity contribution in [2.24, 2.45) is 0 Å². The van der Waals surface area contributed by atoms with E-state index in [4.69, 9.17) is 14.2 Å². The minimum atomic E-state index is -0.394. The van der Waals surface area contributed by atoms with Crippen LogP contribution in [0.4, 0.5) is 5.95 Å². The SMILES string of the molecule is COc1cc(C2C3=C(CCCC3=O)Nc3ncnn32)ccc1OCC(=O)N1CCOCC1. The molecule has 1 fully saturated rings. The Balaban J connectivity index is 1.41. The standard InChI is InChI=1S/C22H25N5O5/c1-30-18-11-14(5-6-17(18)32-12-19(29)26-7-9-31-10-8-26)21-20-15(3-2-4-16(20)28)25-22-23-13-24-27(21)22/h5-6,11,13,21H,2-4,7-10,12H2,1H3,(H,23,24,25). The summed E-state index contributed by atoms with van der Waals surface area (Å²) >= 11 is 0. The Kier molecular flexibility index (Phi) is 5.52. The molecule has 1 saturated heterocycles. The highest BCUT2D eigenvalue weighted by Crippen LogP contribution is 2.41. The van der Waals surface area contributed by atoms with Gasteiger partial charge in [-0.3, -0.25) is 9.59 Å². The van der Waals surface area contributed by atoms with Crippen LogP contribution in [0.2, 0.25) is 0 Å². The van der Waals surface area contributed by atoms with E-state index in [1.54, 1.807) is 22.8 Å². The zero-order valence-corrected chi connectivity index (χ0v) is 17.9. The monoisotopic (exact) mass is 439 g/mol. The van der Waals surface area contributed by atoms with Gasteiger partial charge in [0.2, 0.25) is 5.95 Å². The largest absolute Gasteiger partial charge is 0.493 e. The summed E-state index contributed by atoms with van der Waals surface area (Å²) in [5.74, 6) is 1.59. The molecular formula is C22H25N5O5. The van der Waals surface area contributed by atoms with Crippen LogP contribution in [-0.4, -0.2) is 71.4 Å². The summed E-state index contributed by atoms with van der Waals surface area (Å²) in [6.45, 7) is 2.14. The van der Waals surface area contributed by atoms with E-state index in [1.165, 1.54) is 6.33 Å². The lowest BCUT2D eigenvalue weighted by Crippen LogP contribution is -2.43. The van der Waals surface area contributed by atoms with Crippen molar-refractivity contribution in [3.63, 3.8) is 0 Å². The first kappa shape index (κ1) is 20.5. The van der Waals surface area contributed by atoms with Crippen molar-refractivity contribution in [2.45, 2.75) is 25.3 Å². The fourth-order valence-electron chi connectivity index (χ4n) is 4.42. The van der Waals surface area contributed by atoms with Gasteiger partial charge < -0.3 is 24.4 Å². The molecule has 3 heterocycles. The molecule has 1 amide bonds. The van der Waals surface area contributed by atoms with Gasteiger partial charge in [-0.25, -0.2) is 4.68 Å². The summed E-state index contributed by atoms with van der Waals surface area (Å²) in [6, 6.07) is 5.09. The summed E-state index contributed by atoms with van der Waals surface area (Å²) in [4.78, 5) is 31.3. The van der Waals surface area contributed by atoms with E-state index >= 15 is 0 Å². The Labute approximate surface area is 185 Å². The number of nitrogens with zero attached hydrogens (tertiary/aromatic N) is 4. The van der Waals surface area contributed by atoms with Crippen LogP contribution >= 0.6 is 0 Å². The van der Waals surface area contributed by atoms with Crippen LogP contribution in [0, 0.1) is 0 Å². The molecule has 1 atom stereocenters. The molecule has 1 aromatic carbocycles. The second kappa shape index (κ2) is 8.62. The Hall–Kier alpha value is -3.40. The number of fused-ring (bicyclic) bond motifs is 1. The maximum Gasteiger partial charge on any atom is 0.260 e. The topological polar surface area (TPSA) is 108 Å².